The molecule has 12 heteroatoms. The van der Waals surface area contributed by atoms with Crippen molar-refractivity contribution in [3.63, 3.8) is 0 Å². The second kappa shape index (κ2) is 10.00. The number of hydrogen-bond donors (Lipinski definition) is 1. The van der Waals surface area contributed by atoms with Gasteiger partial charge in [-0.2, -0.15) is 0 Å². The molecule has 180 valence electrons. The van der Waals surface area contributed by atoms with Crippen LogP contribution in [0, 0.1) is 5.92 Å². The molecular formula is C21H24O12. The van der Waals surface area contributed by atoms with Gasteiger partial charge in [0.2, 0.25) is 0 Å². The largest absolute Gasteiger partial charge is 0.478 e. The topological polar surface area (TPSA) is 153 Å². The molecule has 4 saturated heterocycles. The van der Waals surface area contributed by atoms with Crippen molar-refractivity contribution >= 4 is 23.9 Å². The lowest BCUT2D eigenvalue weighted by Crippen LogP contribution is -2.35. The fraction of sp³-hybridized carbons (Fsp3) is 0.619. The average molecular weight is 468 g/mol. The average Bonchev–Trinajstić information content (AvgIpc) is 3.52. The molecule has 0 spiro atoms. The highest BCUT2D eigenvalue weighted by atomic mass is 16.7. The zero-order valence-electron chi connectivity index (χ0n) is 17.7. The van der Waals surface area contributed by atoms with Gasteiger partial charge in [-0.3, -0.25) is 0 Å². The number of carbonyl (C=O) groups is 4. The van der Waals surface area contributed by atoms with Gasteiger partial charge in [0.05, 0.1) is 32.5 Å². The van der Waals surface area contributed by atoms with E-state index >= 15 is 0 Å². The number of aliphatic carboxylic acids is 1. The molecule has 0 amide bonds. The summed E-state index contributed by atoms with van der Waals surface area (Å²) in [4.78, 5) is 46.3. The molecule has 1 N–H and O–H groups in total. The van der Waals surface area contributed by atoms with Crippen molar-refractivity contribution in [1.29, 1.82) is 0 Å². The molecule has 4 aliphatic heterocycles. The molecule has 0 aromatic heterocycles. The molecule has 0 radical (unpaired) electrons. The van der Waals surface area contributed by atoms with Gasteiger partial charge in [-0.1, -0.05) is 6.92 Å². The minimum Gasteiger partial charge on any atom is -0.478 e. The lowest BCUT2D eigenvalue weighted by molar-refractivity contribution is -0.151. The lowest BCUT2D eigenvalue weighted by Gasteiger charge is -2.16. The van der Waals surface area contributed by atoms with E-state index in [0.29, 0.717) is 12.7 Å². The van der Waals surface area contributed by atoms with Crippen LogP contribution in [0.1, 0.15) is 6.92 Å². The number of carbonyl (C=O) groups excluding carboxylic acids is 3. The first-order valence-electron chi connectivity index (χ1n) is 10.5. The van der Waals surface area contributed by atoms with Gasteiger partial charge in [0.25, 0.3) is 0 Å². The zero-order chi connectivity index (χ0) is 23.5. The maximum absolute atomic E-state index is 12.1. The SMILES string of the molecule is C[C@@H]1CO[C@H]2[C@@H]1OC[C@H]2OC(=O)/C=C\C(=O)O[C@@H]1CO[C@H]2[C@@H]1OC[C@H]2OC(=O)/C=C\C(=O)O. The molecule has 0 aromatic rings. The fourth-order valence-corrected chi connectivity index (χ4v) is 4.23. The van der Waals surface area contributed by atoms with Crippen molar-refractivity contribution in [2.24, 2.45) is 5.92 Å². The highest BCUT2D eigenvalue weighted by molar-refractivity contribution is 5.92. The summed E-state index contributed by atoms with van der Waals surface area (Å²) in [6.45, 7) is 2.79. The highest BCUT2D eigenvalue weighted by Gasteiger charge is 2.51. The molecule has 0 saturated carbocycles. The first-order chi connectivity index (χ1) is 15.8. The monoisotopic (exact) mass is 468 g/mol. The van der Waals surface area contributed by atoms with Gasteiger partial charge in [0.1, 0.15) is 18.3 Å². The van der Waals surface area contributed by atoms with Crippen molar-refractivity contribution in [1.82, 2.24) is 0 Å². The molecule has 12 nitrogen and oxygen atoms in total. The zero-order valence-corrected chi connectivity index (χ0v) is 17.7. The van der Waals surface area contributed by atoms with E-state index in [1.807, 2.05) is 6.92 Å². The minimum atomic E-state index is -1.28. The van der Waals surface area contributed by atoms with Crippen LogP contribution in [0.5, 0.6) is 0 Å². The van der Waals surface area contributed by atoms with E-state index in [0.717, 1.165) is 18.2 Å². The molecule has 0 aromatic carbocycles. The smallest absolute Gasteiger partial charge is 0.331 e. The van der Waals surface area contributed by atoms with Crippen LogP contribution in [0.25, 0.3) is 0 Å². The van der Waals surface area contributed by atoms with Gasteiger partial charge in [-0.05, 0) is 0 Å². The maximum atomic E-state index is 12.1. The molecule has 4 heterocycles. The quantitative estimate of drug-likeness (QED) is 0.281. The predicted octanol–water partition coefficient (Wildman–Crippen LogP) is -0.850. The Kier molecular flexibility index (Phi) is 7.08. The van der Waals surface area contributed by atoms with E-state index < -0.39 is 54.4 Å². The molecule has 0 unspecified atom stereocenters. The van der Waals surface area contributed by atoms with Gasteiger partial charge in [0, 0.05) is 30.2 Å². The van der Waals surface area contributed by atoms with Gasteiger partial charge < -0.3 is 38.3 Å². The molecule has 4 fully saturated rings. The van der Waals surface area contributed by atoms with Crippen LogP contribution >= 0.6 is 0 Å². The van der Waals surface area contributed by atoms with Gasteiger partial charge in [-0.15, -0.1) is 0 Å². The summed E-state index contributed by atoms with van der Waals surface area (Å²) in [7, 11) is 0. The lowest BCUT2D eigenvalue weighted by atomic mass is 10.0. The number of hydrogen-bond acceptors (Lipinski definition) is 11. The summed E-state index contributed by atoms with van der Waals surface area (Å²) in [5.41, 5.74) is 0. The third-order valence-electron chi connectivity index (χ3n) is 5.74. The molecular weight excluding hydrogens is 444 g/mol. The number of esters is 3. The Labute approximate surface area is 188 Å². The van der Waals surface area contributed by atoms with Crippen molar-refractivity contribution < 1.29 is 57.4 Å². The van der Waals surface area contributed by atoms with E-state index in [2.05, 4.69) is 0 Å². The van der Waals surface area contributed by atoms with Crippen molar-refractivity contribution in [3.05, 3.63) is 24.3 Å². The maximum Gasteiger partial charge on any atom is 0.331 e. The molecule has 0 bridgehead atoms. The standard InChI is InChI=1S/C21H24O12/c1-10-6-27-19-11(7-28-18(10)19)31-16(25)4-5-17(26)33-13-9-30-20-12(8-29-21(13)20)32-15(24)3-2-14(22)23/h2-5,10-13,18-21H,6-9H2,1H3,(H,22,23)/b3-2-,5-4-/t10-,11-,12-,13-,18-,19-,20-,21-/m1/s1. The first kappa shape index (κ1) is 23.4. The minimum absolute atomic E-state index is 0.00447. The van der Waals surface area contributed by atoms with Crippen LogP contribution in [0.15, 0.2) is 24.3 Å². The Hall–Kier alpha value is -2.80. The summed E-state index contributed by atoms with van der Waals surface area (Å²) in [6.07, 6.45) is -0.447. The van der Waals surface area contributed by atoms with E-state index in [9.17, 15) is 19.2 Å². The number of carboxylic acid groups (broad SMARTS) is 1. The number of fused-ring (bicyclic) bond motifs is 2. The Morgan fingerprint density at radius 2 is 1.00 bits per heavy atom. The van der Waals surface area contributed by atoms with Crippen LogP contribution in [-0.4, -0.2) is 98.1 Å². The van der Waals surface area contributed by atoms with Crippen LogP contribution in [0.3, 0.4) is 0 Å². The summed E-state index contributed by atoms with van der Waals surface area (Å²) >= 11 is 0. The number of rotatable bonds is 7. The predicted molar refractivity (Wildman–Crippen MR) is 104 cm³/mol. The summed E-state index contributed by atoms with van der Waals surface area (Å²) in [5, 5.41) is 8.55. The molecule has 4 rings (SSSR count). The molecule has 8 atom stereocenters. The normalized spacial score (nSPS) is 37.2. The van der Waals surface area contributed by atoms with Gasteiger partial charge >= 0.3 is 23.9 Å². The number of carboxylic acids is 1. The van der Waals surface area contributed by atoms with Gasteiger partial charge in [-0.25, -0.2) is 19.2 Å². The molecule has 0 aliphatic carbocycles. The highest BCUT2D eigenvalue weighted by Crippen LogP contribution is 2.32. The summed E-state index contributed by atoms with van der Waals surface area (Å²) in [5.74, 6) is -3.42. The Morgan fingerprint density at radius 1 is 0.636 bits per heavy atom. The van der Waals surface area contributed by atoms with E-state index in [-0.39, 0.29) is 37.9 Å². The second-order valence-electron chi connectivity index (χ2n) is 8.10. The Morgan fingerprint density at radius 3 is 1.45 bits per heavy atom. The van der Waals surface area contributed by atoms with E-state index in [1.165, 1.54) is 0 Å². The summed E-state index contributed by atoms with van der Waals surface area (Å²) < 4.78 is 38.0. The number of ether oxygens (including phenoxy) is 7. The van der Waals surface area contributed by atoms with Crippen LogP contribution in [-0.2, 0) is 52.3 Å². The van der Waals surface area contributed by atoms with E-state index in [4.69, 9.17) is 38.3 Å². The van der Waals surface area contributed by atoms with Crippen LogP contribution in [0.2, 0.25) is 0 Å². The Bertz CT molecular complexity index is 850. The van der Waals surface area contributed by atoms with Crippen LogP contribution in [0.4, 0.5) is 0 Å². The van der Waals surface area contributed by atoms with Crippen LogP contribution < -0.4 is 0 Å². The molecule has 4 aliphatic rings. The second-order valence-corrected chi connectivity index (χ2v) is 8.10. The summed E-state index contributed by atoms with van der Waals surface area (Å²) in [6, 6.07) is 0. The van der Waals surface area contributed by atoms with Crippen molar-refractivity contribution in [3.8, 4) is 0 Å². The van der Waals surface area contributed by atoms with Gasteiger partial charge in [0.15, 0.2) is 18.3 Å². The Balaban J connectivity index is 1.22. The molecule has 33 heavy (non-hydrogen) atoms. The fourth-order valence-electron chi connectivity index (χ4n) is 4.23. The first-order valence-corrected chi connectivity index (χ1v) is 10.5. The van der Waals surface area contributed by atoms with E-state index in [1.54, 1.807) is 0 Å². The van der Waals surface area contributed by atoms with Crippen molar-refractivity contribution in [2.45, 2.75) is 49.7 Å². The third-order valence-corrected chi connectivity index (χ3v) is 5.74. The van der Waals surface area contributed by atoms with Crippen molar-refractivity contribution in [2.75, 3.05) is 26.4 Å². The third kappa shape index (κ3) is 5.41.